The van der Waals surface area contributed by atoms with Crippen LogP contribution in [0.3, 0.4) is 0 Å². The first kappa shape index (κ1) is 17.0. The van der Waals surface area contributed by atoms with Crippen LogP contribution < -0.4 is 5.32 Å². The van der Waals surface area contributed by atoms with Gasteiger partial charge in [0.2, 0.25) is 5.91 Å². The van der Waals surface area contributed by atoms with Crippen LogP contribution in [0.5, 0.6) is 0 Å². The zero-order valence-electron chi connectivity index (χ0n) is 14.9. The lowest BCUT2D eigenvalue weighted by Crippen LogP contribution is -2.27. The first-order valence-corrected chi connectivity index (χ1v) is 8.39. The van der Waals surface area contributed by atoms with Crippen molar-refractivity contribution in [1.82, 2.24) is 24.9 Å². The van der Waals surface area contributed by atoms with Crippen LogP contribution in [0.2, 0.25) is 0 Å². The number of hydrogen-bond donors (Lipinski definition) is 1. The smallest absolute Gasteiger partial charge is 0.224 e. The quantitative estimate of drug-likeness (QED) is 0.749. The van der Waals surface area contributed by atoms with Gasteiger partial charge in [0, 0.05) is 31.0 Å². The fourth-order valence-corrected chi connectivity index (χ4v) is 2.85. The Kier molecular flexibility index (Phi) is 4.97. The standard InChI is InChI=1S/C19H23N5O/c1-14-18(15(2)23(3)22-14)11-19(25)20-10-9-16-12-21-24(13-16)17-7-5-4-6-8-17/h4-8,12-13H,9-11H2,1-3H3,(H,20,25). The van der Waals surface area contributed by atoms with Gasteiger partial charge in [-0.1, -0.05) is 18.2 Å². The third-order valence-corrected chi connectivity index (χ3v) is 4.39. The number of aromatic nitrogens is 4. The highest BCUT2D eigenvalue weighted by molar-refractivity contribution is 5.79. The van der Waals surface area contributed by atoms with E-state index in [1.54, 1.807) is 0 Å². The van der Waals surface area contributed by atoms with E-state index in [0.717, 1.165) is 34.6 Å². The predicted molar refractivity (Wildman–Crippen MR) is 96.7 cm³/mol. The minimum absolute atomic E-state index is 0.0228. The molecule has 1 N–H and O–H groups in total. The maximum atomic E-state index is 12.2. The molecule has 0 fully saturated rings. The molecule has 6 nitrogen and oxygen atoms in total. The summed E-state index contributed by atoms with van der Waals surface area (Å²) in [5.41, 5.74) is 5.09. The summed E-state index contributed by atoms with van der Waals surface area (Å²) < 4.78 is 3.66. The molecule has 0 saturated heterocycles. The van der Waals surface area contributed by atoms with E-state index in [1.807, 2.05) is 73.0 Å². The SMILES string of the molecule is Cc1nn(C)c(C)c1CC(=O)NCCc1cnn(-c2ccccc2)c1. The molecular formula is C19H23N5O. The average molecular weight is 337 g/mol. The number of carbonyl (C=O) groups is 1. The number of amides is 1. The lowest BCUT2D eigenvalue weighted by atomic mass is 10.1. The van der Waals surface area contributed by atoms with Crippen LogP contribution in [-0.2, 0) is 24.7 Å². The van der Waals surface area contributed by atoms with Crippen molar-refractivity contribution < 1.29 is 4.79 Å². The Morgan fingerprint density at radius 1 is 1.20 bits per heavy atom. The number of aryl methyl sites for hydroxylation is 2. The Balaban J connectivity index is 1.51. The molecule has 0 aliphatic heterocycles. The van der Waals surface area contributed by atoms with Crippen molar-refractivity contribution >= 4 is 5.91 Å². The summed E-state index contributed by atoms with van der Waals surface area (Å²) in [6.07, 6.45) is 4.96. The molecular weight excluding hydrogens is 314 g/mol. The van der Waals surface area contributed by atoms with Gasteiger partial charge < -0.3 is 5.32 Å². The molecule has 0 atom stereocenters. The Morgan fingerprint density at radius 2 is 1.96 bits per heavy atom. The van der Waals surface area contributed by atoms with Crippen molar-refractivity contribution in [3.05, 3.63) is 65.2 Å². The summed E-state index contributed by atoms with van der Waals surface area (Å²) >= 11 is 0. The molecule has 0 saturated carbocycles. The molecule has 3 rings (SSSR count). The number of nitrogens with one attached hydrogen (secondary N) is 1. The van der Waals surface area contributed by atoms with Crippen molar-refractivity contribution in [3.63, 3.8) is 0 Å². The van der Waals surface area contributed by atoms with E-state index in [1.165, 1.54) is 0 Å². The Labute approximate surface area is 147 Å². The van der Waals surface area contributed by atoms with Crippen molar-refractivity contribution in [2.24, 2.45) is 7.05 Å². The van der Waals surface area contributed by atoms with Crippen LogP contribution in [0.15, 0.2) is 42.7 Å². The van der Waals surface area contributed by atoms with Gasteiger partial charge in [-0.05, 0) is 38.0 Å². The Hall–Kier alpha value is -2.89. The molecule has 0 aliphatic rings. The van der Waals surface area contributed by atoms with E-state index in [-0.39, 0.29) is 5.91 Å². The van der Waals surface area contributed by atoms with Crippen molar-refractivity contribution in [2.75, 3.05) is 6.54 Å². The number of nitrogens with zero attached hydrogens (tertiary/aromatic N) is 4. The zero-order chi connectivity index (χ0) is 17.8. The first-order chi connectivity index (χ1) is 12.0. The molecule has 0 bridgehead atoms. The summed E-state index contributed by atoms with van der Waals surface area (Å²) in [7, 11) is 1.90. The summed E-state index contributed by atoms with van der Waals surface area (Å²) in [6.45, 7) is 4.52. The summed E-state index contributed by atoms with van der Waals surface area (Å²) in [5, 5.41) is 11.7. The van der Waals surface area contributed by atoms with E-state index in [0.29, 0.717) is 13.0 Å². The molecule has 130 valence electrons. The second-order valence-electron chi connectivity index (χ2n) is 6.18. The van der Waals surface area contributed by atoms with Gasteiger partial charge >= 0.3 is 0 Å². The highest BCUT2D eigenvalue weighted by atomic mass is 16.1. The van der Waals surface area contributed by atoms with Gasteiger partial charge in [-0.25, -0.2) is 4.68 Å². The molecule has 1 amide bonds. The van der Waals surface area contributed by atoms with Crippen LogP contribution in [0, 0.1) is 13.8 Å². The lowest BCUT2D eigenvalue weighted by Gasteiger charge is -2.05. The van der Waals surface area contributed by atoms with E-state index in [2.05, 4.69) is 15.5 Å². The van der Waals surface area contributed by atoms with Crippen molar-refractivity contribution in [3.8, 4) is 5.69 Å². The number of hydrogen-bond acceptors (Lipinski definition) is 3. The average Bonchev–Trinajstić information content (AvgIpc) is 3.16. The topological polar surface area (TPSA) is 64.7 Å². The minimum Gasteiger partial charge on any atom is -0.355 e. The van der Waals surface area contributed by atoms with Gasteiger partial charge in [0.15, 0.2) is 0 Å². The van der Waals surface area contributed by atoms with Crippen LogP contribution in [0.1, 0.15) is 22.5 Å². The van der Waals surface area contributed by atoms with Crippen LogP contribution >= 0.6 is 0 Å². The first-order valence-electron chi connectivity index (χ1n) is 8.39. The minimum atomic E-state index is 0.0228. The predicted octanol–water partition coefficient (Wildman–Crippen LogP) is 2.12. The van der Waals surface area contributed by atoms with E-state index >= 15 is 0 Å². The highest BCUT2D eigenvalue weighted by Crippen LogP contribution is 2.12. The van der Waals surface area contributed by atoms with Gasteiger partial charge in [0.25, 0.3) is 0 Å². The molecule has 0 unspecified atom stereocenters. The number of para-hydroxylation sites is 1. The normalized spacial score (nSPS) is 10.8. The Morgan fingerprint density at radius 3 is 2.64 bits per heavy atom. The second-order valence-corrected chi connectivity index (χ2v) is 6.18. The molecule has 2 aromatic heterocycles. The van der Waals surface area contributed by atoms with Crippen LogP contribution in [0.4, 0.5) is 0 Å². The molecule has 0 spiro atoms. The van der Waals surface area contributed by atoms with Crippen molar-refractivity contribution in [2.45, 2.75) is 26.7 Å². The highest BCUT2D eigenvalue weighted by Gasteiger charge is 2.13. The number of rotatable bonds is 6. The number of carbonyl (C=O) groups excluding carboxylic acids is 1. The molecule has 0 aliphatic carbocycles. The second kappa shape index (κ2) is 7.34. The monoisotopic (exact) mass is 337 g/mol. The lowest BCUT2D eigenvalue weighted by molar-refractivity contribution is -0.120. The maximum absolute atomic E-state index is 12.2. The van der Waals surface area contributed by atoms with Gasteiger partial charge in [-0.3, -0.25) is 9.48 Å². The third kappa shape index (κ3) is 3.96. The number of benzene rings is 1. The van der Waals surface area contributed by atoms with E-state index < -0.39 is 0 Å². The third-order valence-electron chi connectivity index (χ3n) is 4.39. The van der Waals surface area contributed by atoms with E-state index in [4.69, 9.17) is 0 Å². The zero-order valence-corrected chi connectivity index (χ0v) is 14.9. The van der Waals surface area contributed by atoms with Gasteiger partial charge in [0.05, 0.1) is 24.0 Å². The summed E-state index contributed by atoms with van der Waals surface area (Å²) in [4.78, 5) is 12.2. The van der Waals surface area contributed by atoms with Crippen LogP contribution in [0.25, 0.3) is 5.69 Å². The summed E-state index contributed by atoms with van der Waals surface area (Å²) in [5.74, 6) is 0.0228. The molecule has 1 aromatic carbocycles. The van der Waals surface area contributed by atoms with Gasteiger partial charge in [-0.15, -0.1) is 0 Å². The van der Waals surface area contributed by atoms with Gasteiger partial charge in [-0.2, -0.15) is 10.2 Å². The largest absolute Gasteiger partial charge is 0.355 e. The molecule has 3 aromatic rings. The maximum Gasteiger partial charge on any atom is 0.224 e. The van der Waals surface area contributed by atoms with Gasteiger partial charge in [0.1, 0.15) is 0 Å². The fraction of sp³-hybridized carbons (Fsp3) is 0.316. The Bertz CT molecular complexity index is 863. The molecule has 0 radical (unpaired) electrons. The van der Waals surface area contributed by atoms with E-state index in [9.17, 15) is 4.79 Å². The molecule has 25 heavy (non-hydrogen) atoms. The molecule has 2 heterocycles. The summed E-state index contributed by atoms with van der Waals surface area (Å²) in [6, 6.07) is 9.97. The van der Waals surface area contributed by atoms with Crippen LogP contribution in [-0.4, -0.2) is 32.0 Å². The molecule has 6 heteroatoms. The fourth-order valence-electron chi connectivity index (χ4n) is 2.85. The van der Waals surface area contributed by atoms with Crippen molar-refractivity contribution in [1.29, 1.82) is 0 Å².